The first kappa shape index (κ1) is 14.0. The molecule has 4 rings (SSSR count). The van der Waals surface area contributed by atoms with Crippen molar-refractivity contribution < 1.29 is 9.90 Å². The molecule has 2 heteroatoms. The van der Waals surface area contributed by atoms with E-state index in [0.717, 1.165) is 49.0 Å². The van der Waals surface area contributed by atoms with Crippen molar-refractivity contribution in [1.29, 1.82) is 0 Å². The Kier molecular flexibility index (Phi) is 3.12. The van der Waals surface area contributed by atoms with Gasteiger partial charge in [0.1, 0.15) is 0 Å². The molecule has 0 amide bonds. The average molecular weight is 288 g/mol. The van der Waals surface area contributed by atoms with Gasteiger partial charge in [-0.3, -0.25) is 4.79 Å². The van der Waals surface area contributed by atoms with Gasteiger partial charge in [-0.2, -0.15) is 0 Å². The first-order valence-corrected chi connectivity index (χ1v) is 8.93. The maximum absolute atomic E-state index is 12.0. The number of carbonyl (C=O) groups is 1. The monoisotopic (exact) mass is 288 g/mol. The molecular formula is C19H28O2. The Morgan fingerprint density at radius 3 is 2.67 bits per heavy atom. The van der Waals surface area contributed by atoms with Gasteiger partial charge in [-0.05, 0) is 86.5 Å². The molecular weight excluding hydrogens is 260 g/mol. The molecule has 0 aromatic carbocycles. The molecule has 0 spiro atoms. The molecule has 0 saturated heterocycles. The van der Waals surface area contributed by atoms with Crippen molar-refractivity contribution in [3.8, 4) is 0 Å². The highest BCUT2D eigenvalue weighted by atomic mass is 16.3. The Labute approximate surface area is 128 Å². The number of allylic oxidation sites excluding steroid dienone is 1. The number of aliphatic hydroxyl groups excluding tert-OH is 1. The Bertz CT molecular complexity index is 506. The maximum Gasteiger partial charge on any atom is 0.158 e. The second kappa shape index (κ2) is 4.68. The van der Waals surface area contributed by atoms with Crippen molar-refractivity contribution in [3.05, 3.63) is 11.1 Å². The molecule has 0 aliphatic heterocycles. The van der Waals surface area contributed by atoms with E-state index in [-0.39, 0.29) is 11.5 Å². The second-order valence-electron chi connectivity index (χ2n) is 8.33. The normalized spacial score (nSPS) is 49.7. The summed E-state index contributed by atoms with van der Waals surface area (Å²) >= 11 is 0. The molecule has 3 saturated carbocycles. The fourth-order valence-corrected chi connectivity index (χ4v) is 6.48. The predicted octanol–water partition coefficient (Wildman–Crippen LogP) is 3.88. The molecule has 0 bridgehead atoms. The van der Waals surface area contributed by atoms with Crippen LogP contribution in [-0.2, 0) is 4.79 Å². The van der Waals surface area contributed by atoms with Crippen molar-refractivity contribution in [2.75, 3.05) is 0 Å². The Morgan fingerprint density at radius 2 is 1.86 bits per heavy atom. The zero-order valence-electron chi connectivity index (χ0n) is 13.4. The number of Topliss-reactive ketones (excluding diaryl/α,β-unsaturated/α-hetero) is 1. The predicted molar refractivity (Wildman–Crippen MR) is 82.7 cm³/mol. The summed E-state index contributed by atoms with van der Waals surface area (Å²) in [5, 5.41) is 10.4. The fraction of sp³-hybridized carbons (Fsp3) is 0.842. The molecule has 3 fully saturated rings. The van der Waals surface area contributed by atoms with E-state index in [2.05, 4.69) is 13.8 Å². The summed E-state index contributed by atoms with van der Waals surface area (Å²) in [4.78, 5) is 12.0. The van der Waals surface area contributed by atoms with E-state index in [0.29, 0.717) is 11.7 Å². The summed E-state index contributed by atoms with van der Waals surface area (Å²) in [6, 6.07) is 0. The van der Waals surface area contributed by atoms with Gasteiger partial charge in [0.2, 0.25) is 0 Å². The summed E-state index contributed by atoms with van der Waals surface area (Å²) in [5.74, 6) is 3.40. The van der Waals surface area contributed by atoms with Gasteiger partial charge >= 0.3 is 0 Å². The molecule has 116 valence electrons. The largest absolute Gasteiger partial charge is 0.393 e. The maximum atomic E-state index is 12.0. The SMILES string of the molecule is CC1=C2CCC3C(CCC4(C)C(O)CCC34)C2CCC1=O. The van der Waals surface area contributed by atoms with Crippen LogP contribution in [0.5, 0.6) is 0 Å². The highest BCUT2D eigenvalue weighted by molar-refractivity contribution is 5.96. The molecule has 6 atom stereocenters. The summed E-state index contributed by atoms with van der Waals surface area (Å²) in [7, 11) is 0. The van der Waals surface area contributed by atoms with E-state index in [1.807, 2.05) is 0 Å². The number of hydrogen-bond acceptors (Lipinski definition) is 2. The zero-order valence-corrected chi connectivity index (χ0v) is 13.4. The molecule has 0 heterocycles. The van der Waals surface area contributed by atoms with Crippen molar-refractivity contribution in [2.45, 2.75) is 71.3 Å². The quantitative estimate of drug-likeness (QED) is 0.734. The third-order valence-electron chi connectivity index (χ3n) is 7.74. The van der Waals surface area contributed by atoms with Crippen LogP contribution in [0.1, 0.15) is 65.2 Å². The van der Waals surface area contributed by atoms with E-state index in [1.165, 1.54) is 31.3 Å². The Hall–Kier alpha value is -0.630. The lowest BCUT2D eigenvalue weighted by atomic mass is 9.52. The topological polar surface area (TPSA) is 37.3 Å². The third kappa shape index (κ3) is 1.84. The molecule has 4 aliphatic rings. The minimum absolute atomic E-state index is 0.0740. The van der Waals surface area contributed by atoms with Gasteiger partial charge in [-0.15, -0.1) is 0 Å². The van der Waals surface area contributed by atoms with Gasteiger partial charge < -0.3 is 5.11 Å². The van der Waals surface area contributed by atoms with Gasteiger partial charge in [0, 0.05) is 6.42 Å². The zero-order chi connectivity index (χ0) is 14.8. The minimum atomic E-state index is -0.0740. The van der Waals surface area contributed by atoms with Crippen LogP contribution < -0.4 is 0 Å². The van der Waals surface area contributed by atoms with Crippen molar-refractivity contribution in [1.82, 2.24) is 0 Å². The van der Waals surface area contributed by atoms with E-state index < -0.39 is 0 Å². The molecule has 0 aromatic heterocycles. The first-order valence-electron chi connectivity index (χ1n) is 8.93. The summed E-state index contributed by atoms with van der Waals surface area (Å²) in [5.41, 5.74) is 2.79. The number of aliphatic hydroxyl groups is 1. The molecule has 21 heavy (non-hydrogen) atoms. The number of hydrogen-bond donors (Lipinski definition) is 1. The lowest BCUT2D eigenvalue weighted by molar-refractivity contribution is -0.117. The summed E-state index contributed by atoms with van der Waals surface area (Å²) in [6.07, 6.45) is 8.89. The number of rotatable bonds is 0. The van der Waals surface area contributed by atoms with Crippen LogP contribution in [0.2, 0.25) is 0 Å². The van der Waals surface area contributed by atoms with Gasteiger partial charge in [0.25, 0.3) is 0 Å². The van der Waals surface area contributed by atoms with Crippen LogP contribution in [0.15, 0.2) is 11.1 Å². The molecule has 6 unspecified atom stereocenters. The number of carbonyl (C=O) groups excluding carboxylic acids is 1. The van der Waals surface area contributed by atoms with Crippen molar-refractivity contribution in [3.63, 3.8) is 0 Å². The Balaban J connectivity index is 1.66. The van der Waals surface area contributed by atoms with Crippen molar-refractivity contribution in [2.24, 2.45) is 29.1 Å². The molecule has 0 aromatic rings. The molecule has 0 radical (unpaired) electrons. The third-order valence-corrected chi connectivity index (χ3v) is 7.74. The lowest BCUT2D eigenvalue weighted by Crippen LogP contribution is -2.47. The number of fused-ring (bicyclic) bond motifs is 5. The standard InChI is InChI=1S/C19H28O2/c1-11-12-3-4-15-14(13(12)5-7-17(11)20)9-10-19(2)16(15)6-8-18(19)21/h13-16,18,21H,3-10H2,1-2H3. The average Bonchev–Trinajstić information content (AvgIpc) is 2.78. The lowest BCUT2D eigenvalue weighted by Gasteiger charge is -2.53. The van der Waals surface area contributed by atoms with E-state index in [4.69, 9.17) is 0 Å². The van der Waals surface area contributed by atoms with Crippen LogP contribution in [0.3, 0.4) is 0 Å². The number of ketones is 1. The Morgan fingerprint density at radius 1 is 1.05 bits per heavy atom. The highest BCUT2D eigenvalue weighted by Gasteiger charge is 2.56. The van der Waals surface area contributed by atoms with Gasteiger partial charge in [-0.1, -0.05) is 12.5 Å². The van der Waals surface area contributed by atoms with Crippen LogP contribution in [0.25, 0.3) is 0 Å². The van der Waals surface area contributed by atoms with Gasteiger partial charge in [-0.25, -0.2) is 0 Å². The first-order chi connectivity index (χ1) is 10.0. The summed E-state index contributed by atoms with van der Waals surface area (Å²) in [6.45, 7) is 4.41. The smallest absolute Gasteiger partial charge is 0.158 e. The molecule has 1 N–H and O–H groups in total. The van der Waals surface area contributed by atoms with Crippen LogP contribution in [-0.4, -0.2) is 17.0 Å². The highest BCUT2D eigenvalue weighted by Crippen LogP contribution is 2.62. The van der Waals surface area contributed by atoms with E-state index in [1.54, 1.807) is 0 Å². The van der Waals surface area contributed by atoms with Crippen molar-refractivity contribution >= 4 is 5.78 Å². The second-order valence-corrected chi connectivity index (χ2v) is 8.33. The van der Waals surface area contributed by atoms with Crippen LogP contribution in [0.4, 0.5) is 0 Å². The molecule has 4 aliphatic carbocycles. The fourth-order valence-electron chi connectivity index (χ4n) is 6.48. The van der Waals surface area contributed by atoms with E-state index >= 15 is 0 Å². The minimum Gasteiger partial charge on any atom is -0.393 e. The van der Waals surface area contributed by atoms with E-state index in [9.17, 15) is 9.90 Å². The van der Waals surface area contributed by atoms with Crippen LogP contribution >= 0.6 is 0 Å². The van der Waals surface area contributed by atoms with Gasteiger partial charge in [0.05, 0.1) is 6.10 Å². The molecule has 2 nitrogen and oxygen atoms in total. The van der Waals surface area contributed by atoms with Crippen LogP contribution in [0, 0.1) is 29.1 Å². The summed E-state index contributed by atoms with van der Waals surface area (Å²) < 4.78 is 0. The van der Waals surface area contributed by atoms with Gasteiger partial charge in [0.15, 0.2) is 5.78 Å².